The molecule has 0 aromatic heterocycles. The third-order valence-electron chi connectivity index (χ3n) is 3.09. The smallest absolute Gasteiger partial charge is 0.238 e. The summed E-state index contributed by atoms with van der Waals surface area (Å²) in [5, 5.41) is 5.82. The van der Waals surface area contributed by atoms with Crippen LogP contribution in [0.5, 0.6) is 5.75 Å². The number of carbonyl (C=O) groups is 1. The van der Waals surface area contributed by atoms with Gasteiger partial charge in [0.05, 0.1) is 19.8 Å². The second-order valence-corrected chi connectivity index (χ2v) is 5.00. The van der Waals surface area contributed by atoms with Gasteiger partial charge in [-0.2, -0.15) is 0 Å². The lowest BCUT2D eigenvalue weighted by Gasteiger charge is -2.08. The number of rotatable bonds is 9. The molecule has 1 aliphatic rings. The Balaban J connectivity index is 1.67. The van der Waals surface area contributed by atoms with Crippen LogP contribution in [0.2, 0.25) is 0 Å². The Kier molecular flexibility index (Phi) is 5.83. The SMILES string of the molecule is COCCNCC(=O)Nc1ccc(OCC2CC2)cc1. The van der Waals surface area contributed by atoms with Gasteiger partial charge in [0.15, 0.2) is 0 Å². The van der Waals surface area contributed by atoms with Crippen LogP contribution in [0.4, 0.5) is 5.69 Å². The van der Waals surface area contributed by atoms with Gasteiger partial charge in [0.25, 0.3) is 0 Å². The van der Waals surface area contributed by atoms with Crippen LogP contribution in [0.1, 0.15) is 12.8 Å². The first-order chi connectivity index (χ1) is 9.78. The second-order valence-electron chi connectivity index (χ2n) is 5.00. The van der Waals surface area contributed by atoms with E-state index in [9.17, 15) is 4.79 Å². The fourth-order valence-electron chi connectivity index (χ4n) is 1.71. The third-order valence-corrected chi connectivity index (χ3v) is 3.09. The molecular formula is C15H22N2O3. The van der Waals surface area contributed by atoms with Crippen molar-refractivity contribution in [2.75, 3.05) is 38.7 Å². The normalized spacial score (nSPS) is 14.1. The van der Waals surface area contributed by atoms with Crippen molar-refractivity contribution in [3.05, 3.63) is 24.3 Å². The molecule has 2 rings (SSSR count). The van der Waals surface area contributed by atoms with Crippen molar-refractivity contribution in [3.63, 3.8) is 0 Å². The van der Waals surface area contributed by atoms with E-state index in [1.54, 1.807) is 7.11 Å². The molecule has 0 aliphatic heterocycles. The van der Waals surface area contributed by atoms with E-state index in [2.05, 4.69) is 10.6 Å². The fraction of sp³-hybridized carbons (Fsp3) is 0.533. The van der Waals surface area contributed by atoms with E-state index < -0.39 is 0 Å². The monoisotopic (exact) mass is 278 g/mol. The van der Waals surface area contributed by atoms with Crippen LogP contribution in [0, 0.1) is 5.92 Å². The number of nitrogens with one attached hydrogen (secondary N) is 2. The predicted octanol–water partition coefficient (Wildman–Crippen LogP) is 1.65. The summed E-state index contributed by atoms with van der Waals surface area (Å²) in [7, 11) is 1.63. The molecule has 1 aliphatic carbocycles. The predicted molar refractivity (Wildman–Crippen MR) is 78.0 cm³/mol. The first kappa shape index (κ1) is 14.8. The second kappa shape index (κ2) is 7.87. The summed E-state index contributed by atoms with van der Waals surface area (Å²) in [5.74, 6) is 1.54. The number of benzene rings is 1. The number of hydrogen-bond acceptors (Lipinski definition) is 4. The summed E-state index contributed by atoms with van der Waals surface area (Å²) in [6.45, 7) is 2.34. The third kappa shape index (κ3) is 5.59. The molecule has 0 atom stereocenters. The van der Waals surface area contributed by atoms with E-state index in [0.717, 1.165) is 24.0 Å². The Morgan fingerprint density at radius 1 is 1.30 bits per heavy atom. The van der Waals surface area contributed by atoms with Crippen molar-refractivity contribution >= 4 is 11.6 Å². The van der Waals surface area contributed by atoms with Crippen LogP contribution >= 0.6 is 0 Å². The van der Waals surface area contributed by atoms with E-state index in [1.807, 2.05) is 24.3 Å². The summed E-state index contributed by atoms with van der Waals surface area (Å²) >= 11 is 0. The number of carbonyl (C=O) groups excluding carboxylic acids is 1. The van der Waals surface area contributed by atoms with Gasteiger partial charge in [-0.3, -0.25) is 4.79 Å². The molecule has 5 nitrogen and oxygen atoms in total. The molecule has 1 aromatic carbocycles. The van der Waals surface area contributed by atoms with Gasteiger partial charge >= 0.3 is 0 Å². The molecule has 20 heavy (non-hydrogen) atoms. The standard InChI is InChI=1S/C15H22N2O3/c1-19-9-8-16-10-15(18)17-13-4-6-14(7-5-13)20-11-12-2-3-12/h4-7,12,16H,2-3,8-11H2,1H3,(H,17,18). The summed E-state index contributed by atoms with van der Waals surface area (Å²) in [6, 6.07) is 7.48. The molecular weight excluding hydrogens is 256 g/mol. The van der Waals surface area contributed by atoms with E-state index in [-0.39, 0.29) is 12.5 Å². The quantitative estimate of drug-likeness (QED) is 0.674. The van der Waals surface area contributed by atoms with Crippen molar-refractivity contribution in [2.45, 2.75) is 12.8 Å². The number of anilines is 1. The van der Waals surface area contributed by atoms with Crippen molar-refractivity contribution in [3.8, 4) is 5.75 Å². The molecule has 1 aromatic rings. The van der Waals surface area contributed by atoms with Gasteiger partial charge in [0.2, 0.25) is 5.91 Å². The van der Waals surface area contributed by atoms with Gasteiger partial charge in [-0.05, 0) is 43.0 Å². The Hall–Kier alpha value is -1.59. The number of hydrogen-bond donors (Lipinski definition) is 2. The summed E-state index contributed by atoms with van der Waals surface area (Å²) in [6.07, 6.45) is 2.56. The molecule has 0 bridgehead atoms. The highest BCUT2D eigenvalue weighted by molar-refractivity contribution is 5.92. The summed E-state index contributed by atoms with van der Waals surface area (Å²) in [5.41, 5.74) is 0.780. The molecule has 0 heterocycles. The zero-order valence-corrected chi connectivity index (χ0v) is 11.9. The first-order valence-electron chi connectivity index (χ1n) is 7.00. The van der Waals surface area contributed by atoms with E-state index in [1.165, 1.54) is 12.8 Å². The van der Waals surface area contributed by atoms with Gasteiger partial charge in [0, 0.05) is 19.3 Å². The maximum atomic E-state index is 11.6. The first-order valence-corrected chi connectivity index (χ1v) is 7.00. The molecule has 0 saturated heterocycles. The highest BCUT2D eigenvalue weighted by Gasteiger charge is 2.21. The maximum Gasteiger partial charge on any atom is 0.238 e. The molecule has 5 heteroatoms. The van der Waals surface area contributed by atoms with Crippen LogP contribution in [-0.4, -0.2) is 39.3 Å². The lowest BCUT2D eigenvalue weighted by Crippen LogP contribution is -2.30. The van der Waals surface area contributed by atoms with Crippen LogP contribution < -0.4 is 15.4 Å². The van der Waals surface area contributed by atoms with Gasteiger partial charge < -0.3 is 20.1 Å². The van der Waals surface area contributed by atoms with Crippen LogP contribution in [0.3, 0.4) is 0 Å². The van der Waals surface area contributed by atoms with Crippen LogP contribution in [-0.2, 0) is 9.53 Å². The van der Waals surface area contributed by atoms with Crippen molar-refractivity contribution < 1.29 is 14.3 Å². The highest BCUT2D eigenvalue weighted by Crippen LogP contribution is 2.29. The highest BCUT2D eigenvalue weighted by atomic mass is 16.5. The molecule has 1 amide bonds. The van der Waals surface area contributed by atoms with E-state index >= 15 is 0 Å². The molecule has 2 N–H and O–H groups in total. The molecule has 0 unspecified atom stereocenters. The van der Waals surface area contributed by atoms with Crippen molar-refractivity contribution in [1.82, 2.24) is 5.32 Å². The average Bonchev–Trinajstić information content (AvgIpc) is 3.27. The van der Waals surface area contributed by atoms with Gasteiger partial charge in [-0.15, -0.1) is 0 Å². The van der Waals surface area contributed by atoms with Crippen LogP contribution in [0.25, 0.3) is 0 Å². The van der Waals surface area contributed by atoms with Crippen molar-refractivity contribution in [2.24, 2.45) is 5.92 Å². The van der Waals surface area contributed by atoms with Crippen LogP contribution in [0.15, 0.2) is 24.3 Å². The summed E-state index contributed by atoms with van der Waals surface area (Å²) < 4.78 is 10.5. The topological polar surface area (TPSA) is 59.6 Å². The largest absolute Gasteiger partial charge is 0.493 e. The zero-order valence-electron chi connectivity index (χ0n) is 11.9. The van der Waals surface area contributed by atoms with E-state index in [0.29, 0.717) is 13.2 Å². The van der Waals surface area contributed by atoms with Gasteiger partial charge in [-0.25, -0.2) is 0 Å². The maximum absolute atomic E-state index is 11.6. The van der Waals surface area contributed by atoms with E-state index in [4.69, 9.17) is 9.47 Å². The number of amides is 1. The fourth-order valence-corrected chi connectivity index (χ4v) is 1.71. The lowest BCUT2D eigenvalue weighted by atomic mass is 10.3. The molecule has 110 valence electrons. The Morgan fingerprint density at radius 2 is 2.05 bits per heavy atom. The van der Waals surface area contributed by atoms with Gasteiger partial charge in [-0.1, -0.05) is 0 Å². The number of ether oxygens (including phenoxy) is 2. The molecule has 1 saturated carbocycles. The Bertz CT molecular complexity index is 416. The minimum absolute atomic E-state index is 0.0623. The zero-order chi connectivity index (χ0) is 14.2. The Labute approximate surface area is 119 Å². The number of methoxy groups -OCH3 is 1. The van der Waals surface area contributed by atoms with Crippen molar-refractivity contribution in [1.29, 1.82) is 0 Å². The molecule has 0 spiro atoms. The summed E-state index contributed by atoms with van der Waals surface area (Å²) in [4.78, 5) is 11.6. The minimum Gasteiger partial charge on any atom is -0.493 e. The minimum atomic E-state index is -0.0623. The lowest BCUT2D eigenvalue weighted by molar-refractivity contribution is -0.115. The Morgan fingerprint density at radius 3 is 2.70 bits per heavy atom. The average molecular weight is 278 g/mol. The molecule has 0 radical (unpaired) electrons. The molecule has 1 fully saturated rings. The van der Waals surface area contributed by atoms with Gasteiger partial charge in [0.1, 0.15) is 5.75 Å².